The van der Waals surface area contributed by atoms with Crippen LogP contribution in [0.4, 0.5) is 0 Å². The zero-order chi connectivity index (χ0) is 13.5. The van der Waals surface area contributed by atoms with Crippen molar-refractivity contribution >= 4 is 5.91 Å². The summed E-state index contributed by atoms with van der Waals surface area (Å²) in [4.78, 5) is 11.2. The summed E-state index contributed by atoms with van der Waals surface area (Å²) < 4.78 is 11.8. The van der Waals surface area contributed by atoms with Crippen LogP contribution in [-0.2, 0) is 16.0 Å². The molecule has 1 aromatic heterocycles. The van der Waals surface area contributed by atoms with E-state index in [1.54, 1.807) is 6.92 Å². The molecule has 1 rings (SSSR count). The van der Waals surface area contributed by atoms with Gasteiger partial charge in [-0.25, -0.2) is 4.68 Å². The lowest BCUT2D eigenvalue weighted by Crippen LogP contribution is -2.19. The number of aliphatic hydroxyl groups excluding tert-OH is 1. The molecule has 8 nitrogen and oxygen atoms in total. The van der Waals surface area contributed by atoms with Gasteiger partial charge in [-0.15, -0.1) is 5.10 Å². The summed E-state index contributed by atoms with van der Waals surface area (Å²) in [6.07, 6.45) is -0.347. The SMILES string of the molecule is COC(C)c1c(C(N)=O)nnn1CCOCCO. The third-order valence-electron chi connectivity index (χ3n) is 2.43. The lowest BCUT2D eigenvalue weighted by molar-refractivity contribution is 0.0788. The molecule has 0 spiro atoms. The molecule has 0 bridgehead atoms. The largest absolute Gasteiger partial charge is 0.394 e. The molecule has 1 aromatic rings. The highest BCUT2D eigenvalue weighted by Gasteiger charge is 2.22. The molecule has 0 radical (unpaired) electrons. The van der Waals surface area contributed by atoms with Gasteiger partial charge in [0, 0.05) is 7.11 Å². The summed E-state index contributed by atoms with van der Waals surface area (Å²) in [5.41, 5.74) is 5.85. The van der Waals surface area contributed by atoms with Crippen LogP contribution in [0.25, 0.3) is 0 Å². The first kappa shape index (κ1) is 14.6. The van der Waals surface area contributed by atoms with E-state index in [1.807, 2.05) is 0 Å². The van der Waals surface area contributed by atoms with Crippen LogP contribution in [0.15, 0.2) is 0 Å². The second-order valence-electron chi connectivity index (χ2n) is 3.62. The molecule has 0 aliphatic rings. The molecule has 0 aliphatic heterocycles. The number of carbonyl (C=O) groups excluding carboxylic acids is 1. The van der Waals surface area contributed by atoms with Crippen LogP contribution in [-0.4, -0.2) is 52.9 Å². The van der Waals surface area contributed by atoms with Crippen LogP contribution in [0.1, 0.15) is 29.2 Å². The number of hydrogen-bond donors (Lipinski definition) is 2. The average molecular weight is 258 g/mol. The fraction of sp³-hybridized carbons (Fsp3) is 0.700. The Kier molecular flexibility index (Phi) is 5.69. The Labute approximate surface area is 105 Å². The van der Waals surface area contributed by atoms with E-state index < -0.39 is 5.91 Å². The number of primary amides is 1. The number of nitrogens with zero attached hydrogens (tertiary/aromatic N) is 3. The molecule has 0 aromatic carbocycles. The van der Waals surface area contributed by atoms with Crippen molar-refractivity contribution in [2.24, 2.45) is 5.73 Å². The minimum Gasteiger partial charge on any atom is -0.394 e. The van der Waals surface area contributed by atoms with Crippen molar-refractivity contribution in [3.05, 3.63) is 11.4 Å². The number of methoxy groups -OCH3 is 1. The molecular formula is C10H18N4O4. The van der Waals surface area contributed by atoms with E-state index in [9.17, 15) is 4.79 Å². The third kappa shape index (κ3) is 3.49. The Hall–Kier alpha value is -1.51. The second-order valence-corrected chi connectivity index (χ2v) is 3.62. The number of rotatable bonds is 8. The molecule has 1 atom stereocenters. The molecule has 1 unspecified atom stereocenters. The van der Waals surface area contributed by atoms with Gasteiger partial charge in [0.2, 0.25) is 0 Å². The highest BCUT2D eigenvalue weighted by atomic mass is 16.5. The van der Waals surface area contributed by atoms with Gasteiger partial charge in [0.15, 0.2) is 5.69 Å². The lowest BCUT2D eigenvalue weighted by atomic mass is 10.2. The van der Waals surface area contributed by atoms with Crippen LogP contribution in [0.2, 0.25) is 0 Å². The smallest absolute Gasteiger partial charge is 0.271 e. The first-order valence-corrected chi connectivity index (χ1v) is 5.56. The van der Waals surface area contributed by atoms with E-state index in [-0.39, 0.29) is 25.0 Å². The van der Waals surface area contributed by atoms with E-state index in [1.165, 1.54) is 11.8 Å². The van der Waals surface area contributed by atoms with Crippen LogP contribution in [0.3, 0.4) is 0 Å². The van der Waals surface area contributed by atoms with E-state index in [2.05, 4.69) is 10.3 Å². The van der Waals surface area contributed by atoms with E-state index in [4.69, 9.17) is 20.3 Å². The van der Waals surface area contributed by atoms with Gasteiger partial charge in [0.05, 0.1) is 32.5 Å². The molecule has 1 heterocycles. The maximum absolute atomic E-state index is 11.2. The maximum atomic E-state index is 11.2. The Bertz CT molecular complexity index is 393. The predicted molar refractivity (Wildman–Crippen MR) is 61.9 cm³/mol. The van der Waals surface area contributed by atoms with Crippen LogP contribution >= 0.6 is 0 Å². The van der Waals surface area contributed by atoms with E-state index in [0.29, 0.717) is 18.8 Å². The zero-order valence-electron chi connectivity index (χ0n) is 10.5. The zero-order valence-corrected chi connectivity index (χ0v) is 10.5. The van der Waals surface area contributed by atoms with Crippen molar-refractivity contribution < 1.29 is 19.4 Å². The number of carbonyl (C=O) groups is 1. The van der Waals surface area contributed by atoms with Crippen molar-refractivity contribution in [3.8, 4) is 0 Å². The van der Waals surface area contributed by atoms with Gasteiger partial charge in [-0.2, -0.15) is 0 Å². The van der Waals surface area contributed by atoms with Crippen LogP contribution < -0.4 is 5.73 Å². The molecule has 1 amide bonds. The van der Waals surface area contributed by atoms with Crippen molar-refractivity contribution in [1.82, 2.24) is 15.0 Å². The topological polar surface area (TPSA) is 112 Å². The molecule has 0 saturated heterocycles. The van der Waals surface area contributed by atoms with Gasteiger partial charge in [-0.3, -0.25) is 4.79 Å². The second kappa shape index (κ2) is 7.04. The van der Waals surface area contributed by atoms with Crippen molar-refractivity contribution in [2.75, 3.05) is 26.9 Å². The highest BCUT2D eigenvalue weighted by Crippen LogP contribution is 2.18. The van der Waals surface area contributed by atoms with Gasteiger partial charge in [-0.1, -0.05) is 5.21 Å². The van der Waals surface area contributed by atoms with Gasteiger partial charge in [0.1, 0.15) is 5.69 Å². The molecule has 0 aliphatic carbocycles. The minimum atomic E-state index is -0.642. The standard InChI is InChI=1S/C10H18N4O4/c1-7(17-2)9-8(10(11)16)12-13-14(9)3-5-18-6-4-15/h7,15H,3-6H2,1-2H3,(H2,11,16). The van der Waals surface area contributed by atoms with Gasteiger partial charge in [-0.05, 0) is 6.92 Å². The Morgan fingerprint density at radius 1 is 1.56 bits per heavy atom. The number of aromatic nitrogens is 3. The van der Waals surface area contributed by atoms with Gasteiger partial charge >= 0.3 is 0 Å². The molecule has 18 heavy (non-hydrogen) atoms. The molecule has 102 valence electrons. The molecule has 8 heteroatoms. The van der Waals surface area contributed by atoms with E-state index >= 15 is 0 Å². The Morgan fingerprint density at radius 2 is 2.28 bits per heavy atom. The predicted octanol–water partition coefficient (Wildman–Crippen LogP) is -0.907. The molecule has 0 fully saturated rings. The highest BCUT2D eigenvalue weighted by molar-refractivity contribution is 5.91. The summed E-state index contributed by atoms with van der Waals surface area (Å²) in [6, 6.07) is 0. The summed E-state index contributed by atoms with van der Waals surface area (Å²) in [5.74, 6) is -0.642. The summed E-state index contributed by atoms with van der Waals surface area (Å²) in [6.45, 7) is 2.75. The minimum absolute atomic E-state index is 0.0365. The number of nitrogens with two attached hydrogens (primary N) is 1. The number of ether oxygens (including phenoxy) is 2. The van der Waals surface area contributed by atoms with Crippen molar-refractivity contribution in [3.63, 3.8) is 0 Å². The average Bonchev–Trinajstić information content (AvgIpc) is 2.77. The van der Waals surface area contributed by atoms with E-state index in [0.717, 1.165) is 0 Å². The van der Waals surface area contributed by atoms with Crippen molar-refractivity contribution in [1.29, 1.82) is 0 Å². The van der Waals surface area contributed by atoms with Gasteiger partial charge in [0.25, 0.3) is 5.91 Å². The molecule has 0 saturated carbocycles. The monoisotopic (exact) mass is 258 g/mol. The molecule has 3 N–H and O–H groups in total. The van der Waals surface area contributed by atoms with Crippen molar-refractivity contribution in [2.45, 2.75) is 19.6 Å². The molecular weight excluding hydrogens is 240 g/mol. The lowest BCUT2D eigenvalue weighted by Gasteiger charge is -2.12. The first-order valence-electron chi connectivity index (χ1n) is 5.56. The number of amides is 1. The van der Waals surface area contributed by atoms with Gasteiger partial charge < -0.3 is 20.3 Å². The Balaban J connectivity index is 2.80. The quantitative estimate of drug-likeness (QED) is 0.584. The maximum Gasteiger partial charge on any atom is 0.271 e. The summed E-state index contributed by atoms with van der Waals surface area (Å²) >= 11 is 0. The summed E-state index contributed by atoms with van der Waals surface area (Å²) in [7, 11) is 1.52. The Morgan fingerprint density at radius 3 is 2.83 bits per heavy atom. The fourth-order valence-electron chi connectivity index (χ4n) is 1.49. The first-order chi connectivity index (χ1) is 8.61. The normalized spacial score (nSPS) is 12.6. The van der Waals surface area contributed by atoms with Crippen LogP contribution in [0.5, 0.6) is 0 Å². The third-order valence-corrected chi connectivity index (χ3v) is 2.43. The number of hydrogen-bond acceptors (Lipinski definition) is 6. The van der Waals surface area contributed by atoms with Crippen LogP contribution in [0, 0.1) is 0 Å². The summed E-state index contributed by atoms with van der Waals surface area (Å²) in [5, 5.41) is 16.2. The fourth-order valence-corrected chi connectivity index (χ4v) is 1.49. The number of aliphatic hydroxyl groups is 1.